The zero-order valence-corrected chi connectivity index (χ0v) is 27.4. The first-order valence-electron chi connectivity index (χ1n) is 16.6. The van der Waals surface area contributed by atoms with E-state index in [4.69, 9.17) is 9.47 Å². The minimum absolute atomic E-state index is 0.00577. The van der Waals surface area contributed by atoms with Crippen molar-refractivity contribution in [1.29, 1.82) is 0 Å². The highest BCUT2D eigenvalue weighted by Crippen LogP contribution is 2.52. The molecule has 0 unspecified atom stereocenters. The fourth-order valence-electron chi connectivity index (χ4n) is 7.25. The Balaban J connectivity index is 1.56. The van der Waals surface area contributed by atoms with Gasteiger partial charge in [-0.15, -0.1) is 0 Å². The van der Waals surface area contributed by atoms with Gasteiger partial charge in [-0.05, 0) is 55.6 Å². The number of rotatable bonds is 11. The first-order valence-corrected chi connectivity index (χ1v) is 16.6. The predicted octanol–water partition coefficient (Wildman–Crippen LogP) is 6.87. The molecule has 0 N–H and O–H groups in total. The Morgan fingerprint density at radius 3 is 2.30 bits per heavy atom. The van der Waals surface area contributed by atoms with Crippen LogP contribution in [0.1, 0.15) is 110 Å². The van der Waals surface area contributed by atoms with E-state index in [9.17, 15) is 14.4 Å². The van der Waals surface area contributed by atoms with Gasteiger partial charge in [0, 0.05) is 37.7 Å². The molecule has 0 bridgehead atoms. The first kappa shape index (κ1) is 33.2. The van der Waals surface area contributed by atoms with Crippen LogP contribution in [0.15, 0.2) is 42.1 Å². The number of esters is 1. The van der Waals surface area contributed by atoms with Crippen molar-refractivity contribution in [2.45, 2.75) is 117 Å². The number of ether oxygens (including phenoxy) is 2. The smallest absolute Gasteiger partial charge is 0.320 e. The van der Waals surface area contributed by atoms with Gasteiger partial charge in [0.2, 0.25) is 11.8 Å². The fourth-order valence-corrected chi connectivity index (χ4v) is 7.25. The lowest BCUT2D eigenvalue weighted by molar-refractivity contribution is -0.180. The summed E-state index contributed by atoms with van der Waals surface area (Å²) in [7, 11) is 1.41. The summed E-state index contributed by atoms with van der Waals surface area (Å²) in [5.41, 5.74) is 0.695. The summed E-state index contributed by atoms with van der Waals surface area (Å²) >= 11 is 0. The van der Waals surface area contributed by atoms with Crippen molar-refractivity contribution in [3.8, 4) is 0 Å². The van der Waals surface area contributed by atoms with Gasteiger partial charge < -0.3 is 19.3 Å². The van der Waals surface area contributed by atoms with Gasteiger partial charge in [0.1, 0.15) is 5.41 Å². The molecule has 1 aromatic carbocycles. The molecule has 43 heavy (non-hydrogen) atoms. The molecule has 4 rings (SSSR count). The van der Waals surface area contributed by atoms with Crippen LogP contribution in [0.4, 0.5) is 0 Å². The van der Waals surface area contributed by atoms with Crippen LogP contribution in [0.25, 0.3) is 0 Å². The van der Waals surface area contributed by atoms with E-state index in [-0.39, 0.29) is 42.1 Å². The number of carbonyl (C=O) groups is 3. The second-order valence-electron chi connectivity index (χ2n) is 14.0. The van der Waals surface area contributed by atoms with E-state index in [1.165, 1.54) is 31.9 Å². The largest absolute Gasteiger partial charge is 0.468 e. The zero-order chi connectivity index (χ0) is 31.2. The Labute approximate surface area is 259 Å². The summed E-state index contributed by atoms with van der Waals surface area (Å²) in [5.74, 6) is -0.601. The van der Waals surface area contributed by atoms with Crippen molar-refractivity contribution >= 4 is 17.8 Å². The van der Waals surface area contributed by atoms with Gasteiger partial charge >= 0.3 is 5.97 Å². The topological polar surface area (TPSA) is 76.2 Å². The van der Waals surface area contributed by atoms with E-state index < -0.39 is 17.4 Å². The van der Waals surface area contributed by atoms with E-state index in [1.807, 2.05) is 28.9 Å². The SMILES string of the molecule is CCCCCCCCN1C(=O)[C@@H](CC(=O)N2CCC(c3ccccc3)CC2)C[C@@]2(C(=O)OC)C1=C[C@H](C(C)(C)C)O[C@@H]2C. The van der Waals surface area contributed by atoms with Gasteiger partial charge in [0.25, 0.3) is 0 Å². The number of hydrogen-bond donors (Lipinski definition) is 0. The lowest BCUT2D eigenvalue weighted by Crippen LogP contribution is -2.61. The van der Waals surface area contributed by atoms with Crippen molar-refractivity contribution in [2.24, 2.45) is 16.7 Å². The number of fused-ring (bicyclic) bond motifs is 1. The molecule has 3 heterocycles. The van der Waals surface area contributed by atoms with Crippen LogP contribution in [-0.2, 0) is 23.9 Å². The third-order valence-electron chi connectivity index (χ3n) is 9.96. The Hall–Kier alpha value is -2.67. The van der Waals surface area contributed by atoms with Crippen molar-refractivity contribution in [1.82, 2.24) is 9.80 Å². The molecule has 1 aromatic rings. The zero-order valence-electron chi connectivity index (χ0n) is 27.4. The molecule has 3 aliphatic rings. The number of methoxy groups -OCH3 is 1. The van der Waals surface area contributed by atoms with Crippen molar-refractivity contribution in [2.75, 3.05) is 26.7 Å². The number of unbranched alkanes of at least 4 members (excludes halogenated alkanes) is 5. The quantitative estimate of drug-likeness (QED) is 0.207. The first-order chi connectivity index (χ1) is 20.5. The summed E-state index contributed by atoms with van der Waals surface area (Å²) in [6.45, 7) is 12.4. The van der Waals surface area contributed by atoms with Gasteiger partial charge in [0.05, 0.1) is 19.3 Å². The molecule has 0 aromatic heterocycles. The number of piperidine rings is 2. The molecule has 2 saturated heterocycles. The standard InChI is InChI=1S/C36H54N2O5/c1-7-8-9-10-11-15-20-38-30-24-31(35(3,4)5)43-26(2)36(30,34(41)42-6)25-29(33(38)40)23-32(39)37-21-18-28(19-22-37)27-16-13-12-14-17-27/h12-14,16-17,24,26,28-29,31H,7-11,15,18-23,25H2,1-6H3/t26-,29+,31-,36+/m1/s1. The minimum Gasteiger partial charge on any atom is -0.468 e. The Bertz CT molecular complexity index is 1130. The number of nitrogens with zero attached hydrogens (tertiary/aromatic N) is 2. The van der Waals surface area contributed by atoms with Gasteiger partial charge in [-0.1, -0.05) is 90.1 Å². The van der Waals surface area contributed by atoms with Crippen LogP contribution in [0, 0.1) is 16.7 Å². The highest BCUT2D eigenvalue weighted by molar-refractivity contribution is 5.92. The Morgan fingerprint density at radius 1 is 1.02 bits per heavy atom. The molecule has 7 heteroatoms. The second kappa shape index (κ2) is 14.4. The maximum absolute atomic E-state index is 14.2. The summed E-state index contributed by atoms with van der Waals surface area (Å²) in [6.07, 6.45) is 10.00. The maximum atomic E-state index is 14.2. The van der Waals surface area contributed by atoms with Crippen molar-refractivity contribution in [3.63, 3.8) is 0 Å². The van der Waals surface area contributed by atoms with Gasteiger partial charge in [-0.3, -0.25) is 14.4 Å². The molecular weight excluding hydrogens is 540 g/mol. The Kier molecular flexibility index (Phi) is 11.1. The normalized spacial score (nSPS) is 26.6. The molecule has 0 radical (unpaired) electrons. The number of amides is 2. The molecular formula is C36H54N2O5. The van der Waals surface area contributed by atoms with Crippen LogP contribution in [-0.4, -0.2) is 66.5 Å². The summed E-state index contributed by atoms with van der Waals surface area (Å²) < 4.78 is 11.9. The van der Waals surface area contributed by atoms with Gasteiger partial charge in [0.15, 0.2) is 0 Å². The fraction of sp³-hybridized carbons (Fsp3) is 0.694. The highest BCUT2D eigenvalue weighted by Gasteiger charge is 2.60. The third kappa shape index (κ3) is 7.35. The lowest BCUT2D eigenvalue weighted by atomic mass is 9.65. The molecule has 4 atom stereocenters. The molecule has 7 nitrogen and oxygen atoms in total. The van der Waals surface area contributed by atoms with E-state index in [0.29, 0.717) is 31.2 Å². The molecule has 238 valence electrons. The van der Waals surface area contributed by atoms with Crippen LogP contribution >= 0.6 is 0 Å². The van der Waals surface area contributed by atoms with E-state index >= 15 is 0 Å². The van der Waals surface area contributed by atoms with E-state index in [1.54, 1.807) is 0 Å². The second-order valence-corrected chi connectivity index (χ2v) is 14.0. The third-order valence-corrected chi connectivity index (χ3v) is 9.96. The average Bonchev–Trinajstić information content (AvgIpc) is 3.00. The van der Waals surface area contributed by atoms with Crippen molar-refractivity contribution < 1.29 is 23.9 Å². The maximum Gasteiger partial charge on any atom is 0.320 e. The van der Waals surface area contributed by atoms with Crippen LogP contribution in [0.5, 0.6) is 0 Å². The molecule has 3 aliphatic heterocycles. The average molecular weight is 595 g/mol. The lowest BCUT2D eigenvalue weighted by Gasteiger charge is -2.53. The number of hydrogen-bond acceptors (Lipinski definition) is 5. The summed E-state index contributed by atoms with van der Waals surface area (Å²) in [5, 5.41) is 0. The van der Waals surface area contributed by atoms with Crippen LogP contribution < -0.4 is 0 Å². The predicted molar refractivity (Wildman–Crippen MR) is 169 cm³/mol. The molecule has 0 spiro atoms. The number of benzene rings is 1. The summed E-state index contributed by atoms with van der Waals surface area (Å²) in [4.78, 5) is 45.4. The minimum atomic E-state index is -1.13. The summed E-state index contributed by atoms with van der Waals surface area (Å²) in [6, 6.07) is 10.5. The molecule has 0 aliphatic carbocycles. The molecule has 2 amide bonds. The van der Waals surface area contributed by atoms with Crippen LogP contribution in [0.2, 0.25) is 0 Å². The van der Waals surface area contributed by atoms with Gasteiger partial charge in [-0.25, -0.2) is 0 Å². The van der Waals surface area contributed by atoms with Crippen LogP contribution in [0.3, 0.4) is 0 Å². The van der Waals surface area contributed by atoms with E-state index in [2.05, 4.69) is 52.0 Å². The van der Waals surface area contributed by atoms with Gasteiger partial charge in [-0.2, -0.15) is 0 Å². The monoisotopic (exact) mass is 594 g/mol. The highest BCUT2D eigenvalue weighted by atomic mass is 16.5. The Morgan fingerprint density at radius 2 is 1.67 bits per heavy atom. The van der Waals surface area contributed by atoms with Crippen molar-refractivity contribution in [3.05, 3.63) is 47.7 Å². The molecule has 2 fully saturated rings. The number of likely N-dealkylation sites (tertiary alicyclic amines) is 2. The number of carbonyl (C=O) groups excluding carboxylic acids is 3. The van der Waals surface area contributed by atoms with E-state index in [0.717, 1.165) is 32.1 Å². The molecule has 0 saturated carbocycles.